The second-order valence-corrected chi connectivity index (χ2v) is 9.09. The van der Waals surface area contributed by atoms with E-state index in [1.807, 2.05) is 30.3 Å². The van der Waals surface area contributed by atoms with Gasteiger partial charge < -0.3 is 10.2 Å². The third-order valence-corrected chi connectivity index (χ3v) is 7.16. The molecule has 0 atom stereocenters. The number of carbonyl (C=O) groups is 1. The number of hydrogen-bond acceptors (Lipinski definition) is 3. The topological polar surface area (TPSA) is 35.6 Å². The molecule has 1 heterocycles. The lowest BCUT2D eigenvalue weighted by Gasteiger charge is -2.36. The van der Waals surface area contributed by atoms with Crippen LogP contribution < -0.4 is 10.2 Å². The first-order chi connectivity index (χ1) is 15.0. The molecule has 1 amide bonds. The largest absolute Gasteiger partial charge is 0.368 e. The summed E-state index contributed by atoms with van der Waals surface area (Å²) < 4.78 is 0. The number of halogens is 2. The maximum absolute atomic E-state index is 12.6. The van der Waals surface area contributed by atoms with E-state index in [1.165, 1.54) is 11.1 Å². The number of fused-ring (bicyclic) bond motifs is 1. The molecule has 2 aliphatic rings. The molecule has 0 saturated carbocycles. The number of hydrogen-bond donors (Lipinski definition) is 1. The van der Waals surface area contributed by atoms with Crippen molar-refractivity contribution < 1.29 is 4.79 Å². The van der Waals surface area contributed by atoms with Gasteiger partial charge >= 0.3 is 0 Å². The highest BCUT2D eigenvalue weighted by Gasteiger charge is 2.23. The predicted molar refractivity (Wildman–Crippen MR) is 130 cm³/mol. The molecule has 0 unspecified atom stereocenters. The first kappa shape index (κ1) is 22.2. The minimum absolute atomic E-state index is 0.0840. The summed E-state index contributed by atoms with van der Waals surface area (Å²) in [6, 6.07) is 14.1. The van der Waals surface area contributed by atoms with Gasteiger partial charge in [-0.05, 0) is 55.1 Å². The van der Waals surface area contributed by atoms with E-state index in [-0.39, 0.29) is 5.91 Å². The van der Waals surface area contributed by atoms with Crippen LogP contribution in [0.25, 0.3) is 5.57 Å². The van der Waals surface area contributed by atoms with Crippen molar-refractivity contribution >= 4 is 40.4 Å². The average molecular weight is 458 g/mol. The molecule has 1 aliphatic carbocycles. The van der Waals surface area contributed by atoms with E-state index in [9.17, 15) is 4.79 Å². The molecule has 1 saturated heterocycles. The number of unbranched alkanes of at least 4 members (excludes halogenated alkanes) is 1. The number of carbonyl (C=O) groups excluding carboxylic acids is 1. The van der Waals surface area contributed by atoms with Crippen LogP contribution >= 0.6 is 23.2 Å². The third-order valence-electron chi connectivity index (χ3n) is 6.35. The zero-order valence-corrected chi connectivity index (χ0v) is 19.5. The molecule has 31 heavy (non-hydrogen) atoms. The molecular weight excluding hydrogens is 429 g/mol. The summed E-state index contributed by atoms with van der Waals surface area (Å²) in [5.41, 5.74) is 5.52. The van der Waals surface area contributed by atoms with Crippen molar-refractivity contribution in [1.29, 1.82) is 0 Å². The quantitative estimate of drug-likeness (QED) is 0.591. The van der Waals surface area contributed by atoms with Crippen LogP contribution in [0.1, 0.15) is 30.9 Å². The van der Waals surface area contributed by atoms with E-state index in [1.54, 1.807) is 0 Å². The Morgan fingerprint density at radius 2 is 1.77 bits per heavy atom. The summed E-state index contributed by atoms with van der Waals surface area (Å²) in [7, 11) is 0. The SMILES string of the molecule is CC1=C(C(=O)NCCCCN2CCN(c3cccc(Cl)c3Cl)CC2)Cc2ccccc21. The highest BCUT2D eigenvalue weighted by atomic mass is 35.5. The molecule has 1 aliphatic heterocycles. The summed E-state index contributed by atoms with van der Waals surface area (Å²) in [6.45, 7) is 7.76. The van der Waals surface area contributed by atoms with Crippen molar-refractivity contribution in [2.24, 2.45) is 0 Å². The number of rotatable bonds is 7. The fourth-order valence-electron chi connectivity index (χ4n) is 4.49. The maximum Gasteiger partial charge on any atom is 0.247 e. The van der Waals surface area contributed by atoms with E-state index in [2.05, 4.69) is 34.2 Å². The molecule has 2 aromatic carbocycles. The minimum Gasteiger partial charge on any atom is -0.368 e. The zero-order chi connectivity index (χ0) is 21.8. The monoisotopic (exact) mass is 457 g/mol. The fourth-order valence-corrected chi connectivity index (χ4v) is 4.91. The normalized spacial score (nSPS) is 16.5. The van der Waals surface area contributed by atoms with Crippen molar-refractivity contribution in [3.8, 4) is 0 Å². The lowest BCUT2D eigenvalue weighted by atomic mass is 10.1. The second kappa shape index (κ2) is 10.1. The van der Waals surface area contributed by atoms with Gasteiger partial charge in [-0.15, -0.1) is 0 Å². The lowest BCUT2D eigenvalue weighted by Crippen LogP contribution is -2.46. The van der Waals surface area contributed by atoms with Gasteiger partial charge in [-0.1, -0.05) is 53.5 Å². The first-order valence-corrected chi connectivity index (χ1v) is 11.8. The molecule has 0 spiro atoms. The van der Waals surface area contributed by atoms with Gasteiger partial charge in [-0.25, -0.2) is 0 Å². The molecule has 4 rings (SSSR count). The summed E-state index contributed by atoms with van der Waals surface area (Å²) in [6.07, 6.45) is 2.82. The third kappa shape index (κ3) is 5.08. The van der Waals surface area contributed by atoms with Crippen molar-refractivity contribution in [3.63, 3.8) is 0 Å². The molecule has 2 aromatic rings. The van der Waals surface area contributed by atoms with Crippen LogP contribution in [0.2, 0.25) is 10.0 Å². The molecule has 164 valence electrons. The van der Waals surface area contributed by atoms with Crippen LogP contribution in [-0.4, -0.2) is 50.1 Å². The van der Waals surface area contributed by atoms with Crippen LogP contribution in [0, 0.1) is 0 Å². The second-order valence-electron chi connectivity index (χ2n) is 8.30. The van der Waals surface area contributed by atoms with E-state index >= 15 is 0 Å². The van der Waals surface area contributed by atoms with E-state index in [4.69, 9.17) is 23.2 Å². The molecule has 0 radical (unpaired) electrons. The number of benzene rings is 2. The maximum atomic E-state index is 12.6. The first-order valence-electron chi connectivity index (χ1n) is 11.0. The van der Waals surface area contributed by atoms with Crippen molar-refractivity contribution in [3.05, 3.63) is 69.2 Å². The number of piperazine rings is 1. The fraction of sp³-hybridized carbons (Fsp3) is 0.400. The Kier molecular flexibility index (Phi) is 7.21. The summed E-state index contributed by atoms with van der Waals surface area (Å²) in [4.78, 5) is 17.4. The number of amides is 1. The van der Waals surface area contributed by atoms with Crippen LogP contribution in [0.15, 0.2) is 48.0 Å². The van der Waals surface area contributed by atoms with Gasteiger partial charge in [0.2, 0.25) is 5.91 Å². The highest BCUT2D eigenvalue weighted by molar-refractivity contribution is 6.43. The van der Waals surface area contributed by atoms with Crippen molar-refractivity contribution in [2.45, 2.75) is 26.2 Å². The molecule has 6 heteroatoms. The zero-order valence-electron chi connectivity index (χ0n) is 18.0. The lowest BCUT2D eigenvalue weighted by molar-refractivity contribution is -0.117. The number of anilines is 1. The Hall–Kier alpha value is -2.01. The minimum atomic E-state index is 0.0840. The smallest absolute Gasteiger partial charge is 0.247 e. The highest BCUT2D eigenvalue weighted by Crippen LogP contribution is 2.33. The molecule has 1 N–H and O–H groups in total. The summed E-state index contributed by atoms with van der Waals surface area (Å²) in [5, 5.41) is 4.37. The van der Waals surface area contributed by atoms with Crippen molar-refractivity contribution in [1.82, 2.24) is 10.2 Å². The van der Waals surface area contributed by atoms with Crippen LogP contribution in [-0.2, 0) is 11.2 Å². The van der Waals surface area contributed by atoms with E-state index < -0.39 is 0 Å². The Bertz CT molecular complexity index is 980. The Morgan fingerprint density at radius 1 is 1.00 bits per heavy atom. The van der Waals surface area contributed by atoms with Crippen LogP contribution in [0.3, 0.4) is 0 Å². The Morgan fingerprint density at radius 3 is 2.55 bits per heavy atom. The van der Waals surface area contributed by atoms with Gasteiger partial charge in [0.15, 0.2) is 0 Å². The van der Waals surface area contributed by atoms with Gasteiger partial charge in [0.05, 0.1) is 15.7 Å². The average Bonchev–Trinajstić information content (AvgIpc) is 3.13. The predicted octanol–water partition coefficient (Wildman–Crippen LogP) is 5.04. The van der Waals surface area contributed by atoms with E-state index in [0.717, 1.165) is 75.4 Å². The van der Waals surface area contributed by atoms with Gasteiger partial charge in [0, 0.05) is 44.7 Å². The molecule has 0 aromatic heterocycles. The Balaban J connectivity index is 1.15. The van der Waals surface area contributed by atoms with Gasteiger partial charge in [-0.3, -0.25) is 9.69 Å². The Labute approximate surface area is 194 Å². The summed E-state index contributed by atoms with van der Waals surface area (Å²) in [5.74, 6) is 0.0840. The molecule has 1 fully saturated rings. The molecule has 4 nitrogen and oxygen atoms in total. The number of nitrogens with one attached hydrogen (secondary N) is 1. The standard InChI is InChI=1S/C25H29Cl2N3O/c1-18-20-8-3-2-7-19(20)17-21(18)25(31)28-11-4-5-12-29-13-15-30(16-14-29)23-10-6-9-22(26)24(23)27/h2-3,6-10H,4-5,11-17H2,1H3,(H,28,31). The van der Waals surface area contributed by atoms with Crippen LogP contribution in [0.4, 0.5) is 5.69 Å². The van der Waals surface area contributed by atoms with Crippen LogP contribution in [0.5, 0.6) is 0 Å². The van der Waals surface area contributed by atoms with Gasteiger partial charge in [-0.2, -0.15) is 0 Å². The molecule has 0 bridgehead atoms. The number of nitrogens with zero attached hydrogens (tertiary/aromatic N) is 2. The number of allylic oxidation sites excluding steroid dienone is 1. The van der Waals surface area contributed by atoms with Gasteiger partial charge in [0.1, 0.15) is 0 Å². The van der Waals surface area contributed by atoms with Gasteiger partial charge in [0.25, 0.3) is 0 Å². The van der Waals surface area contributed by atoms with E-state index in [0.29, 0.717) is 10.0 Å². The van der Waals surface area contributed by atoms with Crippen molar-refractivity contribution in [2.75, 3.05) is 44.2 Å². The summed E-state index contributed by atoms with van der Waals surface area (Å²) >= 11 is 12.5. The molecular formula is C25H29Cl2N3O.